The summed E-state index contributed by atoms with van der Waals surface area (Å²) in [7, 11) is 0. The Morgan fingerprint density at radius 2 is 1.90 bits per heavy atom. The molecule has 2 aliphatic rings. The summed E-state index contributed by atoms with van der Waals surface area (Å²) in [5, 5.41) is 4.32. The molecule has 2 aromatic heterocycles. The zero-order chi connectivity index (χ0) is 20.5. The van der Waals surface area contributed by atoms with Crippen molar-refractivity contribution in [2.75, 3.05) is 4.90 Å². The fourth-order valence-corrected chi connectivity index (χ4v) is 5.31. The largest absolute Gasteiger partial charge is 0.351 e. The molecule has 1 saturated heterocycles. The van der Waals surface area contributed by atoms with Gasteiger partial charge in [-0.15, -0.1) is 0 Å². The number of aromatic nitrogens is 2. The summed E-state index contributed by atoms with van der Waals surface area (Å²) in [6.45, 7) is 2.13. The van der Waals surface area contributed by atoms with E-state index in [0.717, 1.165) is 16.5 Å². The predicted octanol–water partition coefficient (Wildman–Crippen LogP) is 5.87. The van der Waals surface area contributed by atoms with Crippen LogP contribution >= 0.6 is 12.2 Å². The summed E-state index contributed by atoms with van der Waals surface area (Å²) in [4.78, 5) is 6.92. The van der Waals surface area contributed by atoms with Crippen molar-refractivity contribution in [3.8, 4) is 0 Å². The second-order valence-electron chi connectivity index (χ2n) is 8.52. The zero-order valence-electron chi connectivity index (χ0n) is 17.4. The van der Waals surface area contributed by atoms with E-state index >= 15 is 0 Å². The Labute approximate surface area is 183 Å². The molecular weight excluding hydrogens is 388 g/mol. The third-order valence-electron chi connectivity index (χ3n) is 6.45. The monoisotopic (exact) mass is 416 g/mol. The summed E-state index contributed by atoms with van der Waals surface area (Å²) < 4.78 is 2.43. The SMILES string of the molecule is Cc1cccc(N2C(=S)N[C@@H](c3ccccn3)[C@H]2c2ccn(C3CCCCC3)c2)c1. The molecule has 3 heterocycles. The lowest BCUT2D eigenvalue weighted by Gasteiger charge is -2.28. The third-order valence-corrected chi connectivity index (χ3v) is 6.77. The van der Waals surface area contributed by atoms with Gasteiger partial charge in [-0.05, 0) is 73.4 Å². The van der Waals surface area contributed by atoms with E-state index in [2.05, 4.69) is 75.5 Å². The van der Waals surface area contributed by atoms with Crippen LogP contribution in [0.3, 0.4) is 0 Å². The molecular formula is C25H28N4S. The Bertz CT molecular complexity index is 1020. The molecule has 5 heteroatoms. The topological polar surface area (TPSA) is 33.1 Å². The first-order valence-corrected chi connectivity index (χ1v) is 11.4. The maximum Gasteiger partial charge on any atom is 0.174 e. The van der Waals surface area contributed by atoms with Crippen molar-refractivity contribution in [1.29, 1.82) is 0 Å². The number of thiocarbonyl (C=S) groups is 1. The highest BCUT2D eigenvalue weighted by molar-refractivity contribution is 7.80. The van der Waals surface area contributed by atoms with E-state index in [1.165, 1.54) is 43.2 Å². The fourth-order valence-electron chi connectivity index (χ4n) is 4.96. The molecule has 154 valence electrons. The number of nitrogens with zero attached hydrogens (tertiary/aromatic N) is 3. The van der Waals surface area contributed by atoms with Gasteiger partial charge in [-0.3, -0.25) is 4.98 Å². The van der Waals surface area contributed by atoms with Crippen LogP contribution in [-0.4, -0.2) is 14.7 Å². The van der Waals surface area contributed by atoms with E-state index in [9.17, 15) is 0 Å². The van der Waals surface area contributed by atoms with Gasteiger partial charge in [-0.25, -0.2) is 0 Å². The van der Waals surface area contributed by atoms with Gasteiger partial charge >= 0.3 is 0 Å². The number of hydrogen-bond donors (Lipinski definition) is 1. The van der Waals surface area contributed by atoms with Gasteiger partial charge in [0.1, 0.15) is 0 Å². The molecule has 3 aromatic rings. The van der Waals surface area contributed by atoms with Crippen LogP contribution in [-0.2, 0) is 0 Å². The van der Waals surface area contributed by atoms with Crippen LogP contribution in [0.4, 0.5) is 5.69 Å². The summed E-state index contributed by atoms with van der Waals surface area (Å²) in [5.41, 5.74) is 4.66. The molecule has 1 N–H and O–H groups in total. The van der Waals surface area contributed by atoms with E-state index < -0.39 is 0 Å². The van der Waals surface area contributed by atoms with Crippen molar-refractivity contribution in [2.45, 2.75) is 57.2 Å². The molecule has 2 fully saturated rings. The van der Waals surface area contributed by atoms with Crippen molar-refractivity contribution in [1.82, 2.24) is 14.9 Å². The number of hydrogen-bond acceptors (Lipinski definition) is 2. The molecule has 4 nitrogen and oxygen atoms in total. The summed E-state index contributed by atoms with van der Waals surface area (Å²) in [6.07, 6.45) is 13.1. The highest BCUT2D eigenvalue weighted by Crippen LogP contribution is 2.42. The van der Waals surface area contributed by atoms with Crippen molar-refractivity contribution < 1.29 is 0 Å². The lowest BCUT2D eigenvalue weighted by molar-refractivity contribution is 0.353. The molecule has 0 amide bonds. The Hall–Kier alpha value is -2.66. The van der Waals surface area contributed by atoms with Crippen LogP contribution in [0.25, 0.3) is 0 Å². The second kappa shape index (κ2) is 8.23. The first kappa shape index (κ1) is 19.3. The van der Waals surface area contributed by atoms with Crippen LogP contribution in [0, 0.1) is 6.92 Å². The molecule has 5 rings (SSSR count). The fraction of sp³-hybridized carbons (Fsp3) is 0.360. The molecule has 0 spiro atoms. The van der Waals surface area contributed by atoms with Gasteiger partial charge < -0.3 is 14.8 Å². The average Bonchev–Trinajstić information content (AvgIpc) is 3.39. The van der Waals surface area contributed by atoms with Crippen molar-refractivity contribution in [3.63, 3.8) is 0 Å². The van der Waals surface area contributed by atoms with Gasteiger partial charge in [0.15, 0.2) is 5.11 Å². The normalized spacial score (nSPS) is 22.3. The minimum absolute atomic E-state index is 0.0152. The van der Waals surface area contributed by atoms with Gasteiger partial charge in [-0.1, -0.05) is 37.5 Å². The van der Waals surface area contributed by atoms with Crippen LogP contribution in [0.5, 0.6) is 0 Å². The van der Waals surface area contributed by atoms with Crippen LogP contribution in [0.15, 0.2) is 67.1 Å². The van der Waals surface area contributed by atoms with Crippen LogP contribution in [0.2, 0.25) is 0 Å². The molecule has 1 aliphatic heterocycles. The Balaban J connectivity index is 1.56. The number of anilines is 1. The molecule has 30 heavy (non-hydrogen) atoms. The Morgan fingerprint density at radius 1 is 1.03 bits per heavy atom. The molecule has 2 atom stereocenters. The first-order chi connectivity index (χ1) is 14.7. The zero-order valence-corrected chi connectivity index (χ0v) is 18.2. The predicted molar refractivity (Wildman–Crippen MR) is 126 cm³/mol. The molecule has 1 saturated carbocycles. The van der Waals surface area contributed by atoms with Crippen molar-refractivity contribution in [2.24, 2.45) is 0 Å². The lowest BCUT2D eigenvalue weighted by atomic mass is 9.95. The van der Waals surface area contributed by atoms with Crippen molar-refractivity contribution >= 4 is 23.0 Å². The van der Waals surface area contributed by atoms with Gasteiger partial charge in [0, 0.05) is 30.3 Å². The van der Waals surface area contributed by atoms with Crippen LogP contribution in [0.1, 0.15) is 67.1 Å². The van der Waals surface area contributed by atoms with Gasteiger partial charge in [0.05, 0.1) is 17.8 Å². The minimum atomic E-state index is 0.0152. The van der Waals surface area contributed by atoms with E-state index in [1.807, 2.05) is 18.3 Å². The minimum Gasteiger partial charge on any atom is -0.351 e. The lowest BCUT2D eigenvalue weighted by Crippen LogP contribution is -2.29. The Morgan fingerprint density at radius 3 is 2.67 bits per heavy atom. The van der Waals surface area contributed by atoms with Gasteiger partial charge in [0.2, 0.25) is 0 Å². The first-order valence-electron chi connectivity index (χ1n) is 11.0. The maximum atomic E-state index is 5.83. The van der Waals surface area contributed by atoms with Gasteiger partial charge in [-0.2, -0.15) is 0 Å². The number of pyridine rings is 1. The number of benzene rings is 1. The molecule has 0 radical (unpaired) electrons. The van der Waals surface area contributed by atoms with Crippen molar-refractivity contribution in [3.05, 3.63) is 83.9 Å². The molecule has 1 aromatic carbocycles. The third kappa shape index (κ3) is 3.63. The second-order valence-corrected chi connectivity index (χ2v) is 8.91. The maximum absolute atomic E-state index is 5.83. The smallest absolute Gasteiger partial charge is 0.174 e. The van der Waals surface area contributed by atoms with E-state index in [0.29, 0.717) is 6.04 Å². The number of rotatable bonds is 4. The highest BCUT2D eigenvalue weighted by atomic mass is 32.1. The number of nitrogens with one attached hydrogen (secondary N) is 1. The average molecular weight is 417 g/mol. The van der Waals surface area contributed by atoms with Gasteiger partial charge in [0.25, 0.3) is 0 Å². The summed E-state index contributed by atoms with van der Waals surface area (Å²) in [6, 6.07) is 17.7. The number of aryl methyl sites for hydroxylation is 1. The highest BCUT2D eigenvalue weighted by Gasteiger charge is 2.41. The molecule has 1 aliphatic carbocycles. The van der Waals surface area contributed by atoms with E-state index in [1.54, 1.807) is 0 Å². The standard InChI is InChI=1S/C25H28N4S/c1-18-8-7-11-21(16-18)29-24(23(27-25(29)30)22-12-5-6-14-26-22)19-13-15-28(17-19)20-9-3-2-4-10-20/h5-8,11-17,20,23-24H,2-4,9-10H2,1H3,(H,27,30)/t23-,24+/m0/s1. The van der Waals surface area contributed by atoms with E-state index in [-0.39, 0.29) is 12.1 Å². The van der Waals surface area contributed by atoms with Crippen LogP contribution < -0.4 is 10.2 Å². The summed E-state index contributed by atoms with van der Waals surface area (Å²) >= 11 is 5.83. The summed E-state index contributed by atoms with van der Waals surface area (Å²) in [5.74, 6) is 0. The van der Waals surface area contributed by atoms with E-state index in [4.69, 9.17) is 12.2 Å². The quantitative estimate of drug-likeness (QED) is 0.539. The molecule has 0 unspecified atom stereocenters. The molecule has 0 bridgehead atoms. The Kier molecular flexibility index (Phi) is 5.30.